The summed E-state index contributed by atoms with van der Waals surface area (Å²) in [5, 5.41) is 0. The second kappa shape index (κ2) is 7.35. The van der Waals surface area contributed by atoms with E-state index >= 15 is 0 Å². The van der Waals surface area contributed by atoms with Gasteiger partial charge in [0.2, 0.25) is 0 Å². The van der Waals surface area contributed by atoms with Gasteiger partial charge in [-0.05, 0) is 12.8 Å². The van der Waals surface area contributed by atoms with Crippen molar-refractivity contribution in [1.29, 1.82) is 0 Å². The number of rotatable bonds is 6. The molecule has 1 unspecified atom stereocenters. The van der Waals surface area contributed by atoms with Crippen LogP contribution in [0.1, 0.15) is 32.6 Å². The van der Waals surface area contributed by atoms with Crippen LogP contribution in [0.3, 0.4) is 0 Å². The molecule has 0 amide bonds. The van der Waals surface area contributed by atoms with Crippen molar-refractivity contribution in [2.24, 2.45) is 5.92 Å². The van der Waals surface area contributed by atoms with Crippen LogP contribution in [0.25, 0.3) is 0 Å². The van der Waals surface area contributed by atoms with E-state index in [0.717, 1.165) is 19.3 Å². The molecule has 0 spiro atoms. The molecule has 0 aliphatic heterocycles. The van der Waals surface area contributed by atoms with Gasteiger partial charge in [-0.1, -0.05) is 13.3 Å². The van der Waals surface area contributed by atoms with Crippen LogP contribution >= 0.6 is 0 Å². The van der Waals surface area contributed by atoms with Crippen molar-refractivity contribution in [1.82, 2.24) is 0 Å². The summed E-state index contributed by atoms with van der Waals surface area (Å²) >= 11 is 0. The summed E-state index contributed by atoms with van der Waals surface area (Å²) in [6.45, 7) is 1.82. The second-order valence-electron chi connectivity index (χ2n) is 3.25. The van der Waals surface area contributed by atoms with E-state index in [9.17, 15) is 9.59 Å². The van der Waals surface area contributed by atoms with Gasteiger partial charge in [0, 0.05) is 6.42 Å². The minimum absolute atomic E-state index is 0.0855. The number of carbonyl (C=O) groups excluding carboxylic acids is 2. The van der Waals surface area contributed by atoms with Crippen LogP contribution in [0.2, 0.25) is 0 Å². The average molecular weight is 202 g/mol. The molecule has 1 atom stereocenters. The molecule has 0 aromatic heterocycles. The quantitative estimate of drug-likeness (QED) is 0.484. The number of methoxy groups -OCH3 is 2. The first-order valence-electron chi connectivity index (χ1n) is 4.76. The Morgan fingerprint density at radius 3 is 2.29 bits per heavy atom. The van der Waals surface area contributed by atoms with Gasteiger partial charge in [-0.3, -0.25) is 9.59 Å². The molecule has 0 aliphatic carbocycles. The van der Waals surface area contributed by atoms with Gasteiger partial charge in [0.05, 0.1) is 20.1 Å². The fourth-order valence-corrected chi connectivity index (χ4v) is 1.14. The van der Waals surface area contributed by atoms with Gasteiger partial charge in [0.15, 0.2) is 0 Å². The molecule has 82 valence electrons. The zero-order chi connectivity index (χ0) is 11.0. The lowest BCUT2D eigenvalue weighted by atomic mass is 10.0. The molecule has 0 radical (unpaired) electrons. The average Bonchev–Trinajstić information content (AvgIpc) is 2.22. The van der Waals surface area contributed by atoms with Gasteiger partial charge in [0.25, 0.3) is 0 Å². The Kier molecular flexibility index (Phi) is 6.80. The van der Waals surface area contributed by atoms with Gasteiger partial charge in [-0.25, -0.2) is 0 Å². The minimum atomic E-state index is -0.198. The Morgan fingerprint density at radius 1 is 1.14 bits per heavy atom. The SMILES string of the molecule is COC(=O)CCCCC(C)C(=O)OC. The number of hydrogen-bond donors (Lipinski definition) is 0. The van der Waals surface area contributed by atoms with Crippen molar-refractivity contribution in [2.75, 3.05) is 14.2 Å². The van der Waals surface area contributed by atoms with E-state index in [0.29, 0.717) is 6.42 Å². The maximum atomic E-state index is 11.0. The maximum Gasteiger partial charge on any atom is 0.308 e. The topological polar surface area (TPSA) is 52.6 Å². The zero-order valence-corrected chi connectivity index (χ0v) is 9.04. The van der Waals surface area contributed by atoms with Gasteiger partial charge >= 0.3 is 11.9 Å². The van der Waals surface area contributed by atoms with Crippen LogP contribution in [0.4, 0.5) is 0 Å². The molecule has 0 saturated carbocycles. The molecule has 0 heterocycles. The van der Waals surface area contributed by atoms with E-state index in [1.54, 1.807) is 0 Å². The molecule has 0 aliphatic rings. The predicted molar refractivity (Wildman–Crippen MR) is 51.7 cm³/mol. The summed E-state index contributed by atoms with van der Waals surface area (Å²) in [5.41, 5.74) is 0. The number of carbonyl (C=O) groups is 2. The number of ether oxygens (including phenoxy) is 2. The molecule has 14 heavy (non-hydrogen) atoms. The maximum absolute atomic E-state index is 11.0. The van der Waals surface area contributed by atoms with Crippen molar-refractivity contribution < 1.29 is 19.1 Å². The standard InChI is InChI=1S/C10H18O4/c1-8(10(12)14-3)6-4-5-7-9(11)13-2/h8H,4-7H2,1-3H3. The second-order valence-corrected chi connectivity index (χ2v) is 3.25. The molecule has 0 rings (SSSR count). The largest absolute Gasteiger partial charge is 0.469 e. The summed E-state index contributed by atoms with van der Waals surface area (Å²) < 4.78 is 9.08. The number of unbranched alkanes of at least 4 members (excludes halogenated alkanes) is 1. The lowest BCUT2D eigenvalue weighted by molar-refractivity contribution is -0.145. The monoisotopic (exact) mass is 202 g/mol. The Morgan fingerprint density at radius 2 is 1.79 bits per heavy atom. The molecule has 4 nitrogen and oxygen atoms in total. The van der Waals surface area contributed by atoms with Gasteiger partial charge in [0.1, 0.15) is 0 Å². The van der Waals surface area contributed by atoms with Crippen molar-refractivity contribution >= 4 is 11.9 Å². The van der Waals surface area contributed by atoms with Crippen LogP contribution < -0.4 is 0 Å². The highest BCUT2D eigenvalue weighted by Gasteiger charge is 2.12. The molecular weight excluding hydrogens is 184 g/mol. The molecule has 0 N–H and O–H groups in total. The highest BCUT2D eigenvalue weighted by molar-refractivity contribution is 5.71. The first kappa shape index (κ1) is 12.9. The number of esters is 2. The summed E-state index contributed by atoms with van der Waals surface area (Å²) in [7, 11) is 2.76. The Balaban J connectivity index is 3.45. The molecule has 0 saturated heterocycles. The van der Waals surface area contributed by atoms with Crippen molar-refractivity contribution in [3.8, 4) is 0 Å². The summed E-state index contributed by atoms with van der Waals surface area (Å²) in [4.78, 5) is 21.7. The Hall–Kier alpha value is -1.06. The molecule has 0 bridgehead atoms. The molecular formula is C10H18O4. The molecule has 0 aromatic rings. The van der Waals surface area contributed by atoms with Crippen molar-refractivity contribution in [3.63, 3.8) is 0 Å². The van der Waals surface area contributed by atoms with Crippen LogP contribution in [-0.2, 0) is 19.1 Å². The third-order valence-electron chi connectivity index (χ3n) is 2.10. The first-order chi connectivity index (χ1) is 6.61. The predicted octanol–water partition coefficient (Wildman–Crippen LogP) is 1.53. The fraction of sp³-hybridized carbons (Fsp3) is 0.800. The van der Waals surface area contributed by atoms with E-state index in [1.165, 1.54) is 14.2 Å². The van der Waals surface area contributed by atoms with Gasteiger partial charge in [-0.15, -0.1) is 0 Å². The molecule has 0 fully saturated rings. The Labute approximate surface area is 84.6 Å². The van der Waals surface area contributed by atoms with E-state index in [-0.39, 0.29) is 17.9 Å². The highest BCUT2D eigenvalue weighted by atomic mass is 16.5. The van der Waals surface area contributed by atoms with Crippen molar-refractivity contribution in [3.05, 3.63) is 0 Å². The summed E-state index contributed by atoms with van der Waals surface area (Å²) in [6.07, 6.45) is 2.77. The smallest absolute Gasteiger partial charge is 0.308 e. The van der Waals surface area contributed by atoms with Crippen LogP contribution in [-0.4, -0.2) is 26.2 Å². The zero-order valence-electron chi connectivity index (χ0n) is 9.04. The van der Waals surface area contributed by atoms with E-state index in [2.05, 4.69) is 9.47 Å². The van der Waals surface area contributed by atoms with E-state index in [1.807, 2.05) is 6.92 Å². The highest BCUT2D eigenvalue weighted by Crippen LogP contribution is 2.10. The van der Waals surface area contributed by atoms with Crippen LogP contribution in [0, 0.1) is 5.92 Å². The third kappa shape index (κ3) is 5.56. The molecule has 0 aromatic carbocycles. The van der Waals surface area contributed by atoms with Crippen LogP contribution in [0.15, 0.2) is 0 Å². The van der Waals surface area contributed by atoms with Crippen molar-refractivity contribution in [2.45, 2.75) is 32.6 Å². The normalized spacial score (nSPS) is 11.9. The van der Waals surface area contributed by atoms with Gasteiger partial charge in [-0.2, -0.15) is 0 Å². The minimum Gasteiger partial charge on any atom is -0.469 e. The van der Waals surface area contributed by atoms with Crippen LogP contribution in [0.5, 0.6) is 0 Å². The Bertz CT molecular complexity index is 189. The summed E-state index contributed by atoms with van der Waals surface area (Å²) in [6, 6.07) is 0. The first-order valence-corrected chi connectivity index (χ1v) is 4.76. The van der Waals surface area contributed by atoms with E-state index < -0.39 is 0 Å². The lowest BCUT2D eigenvalue weighted by Gasteiger charge is -2.07. The summed E-state index contributed by atoms with van der Waals surface area (Å²) in [5.74, 6) is -0.476. The third-order valence-corrected chi connectivity index (χ3v) is 2.10. The van der Waals surface area contributed by atoms with Gasteiger partial charge < -0.3 is 9.47 Å². The lowest BCUT2D eigenvalue weighted by Crippen LogP contribution is -2.12. The molecule has 4 heteroatoms. The number of hydrogen-bond acceptors (Lipinski definition) is 4. The fourth-order valence-electron chi connectivity index (χ4n) is 1.14. The van der Waals surface area contributed by atoms with E-state index in [4.69, 9.17) is 0 Å².